The van der Waals surface area contributed by atoms with Crippen LogP contribution >= 0.6 is 24.0 Å². The number of halogens is 1. The molecule has 2 aliphatic heterocycles. The van der Waals surface area contributed by atoms with E-state index in [4.69, 9.17) is 9.47 Å². The highest BCUT2D eigenvalue weighted by atomic mass is 127. The minimum atomic E-state index is 0. The van der Waals surface area contributed by atoms with E-state index in [1.54, 1.807) is 7.11 Å². The highest BCUT2D eigenvalue weighted by molar-refractivity contribution is 14.0. The molecule has 2 fully saturated rings. The number of guanidine groups is 1. The molecule has 0 aliphatic carbocycles. The highest BCUT2D eigenvalue weighted by Crippen LogP contribution is 2.34. The first-order valence-corrected chi connectivity index (χ1v) is 8.71. The molecule has 0 radical (unpaired) electrons. The number of nitrogens with zero attached hydrogens (tertiary/aromatic N) is 4. The molecule has 3 heterocycles. The van der Waals surface area contributed by atoms with E-state index in [9.17, 15) is 0 Å². The second-order valence-electron chi connectivity index (χ2n) is 6.52. The number of fused-ring (bicyclic) bond motifs is 2. The van der Waals surface area contributed by atoms with Crippen LogP contribution in [0.3, 0.4) is 0 Å². The summed E-state index contributed by atoms with van der Waals surface area (Å²) in [7, 11) is 3.68. The predicted molar refractivity (Wildman–Crippen MR) is 106 cm³/mol. The van der Waals surface area contributed by atoms with Gasteiger partial charge in [0.25, 0.3) is 0 Å². The van der Waals surface area contributed by atoms with Gasteiger partial charge in [0.2, 0.25) is 0 Å². The second kappa shape index (κ2) is 9.67. The summed E-state index contributed by atoms with van der Waals surface area (Å²) in [6.07, 6.45) is 5.07. The van der Waals surface area contributed by atoms with Crippen molar-refractivity contribution in [3.63, 3.8) is 0 Å². The van der Waals surface area contributed by atoms with Gasteiger partial charge in [0.05, 0.1) is 18.2 Å². The van der Waals surface area contributed by atoms with Gasteiger partial charge < -0.3 is 24.7 Å². The van der Waals surface area contributed by atoms with Crippen LogP contribution in [-0.4, -0.2) is 59.2 Å². The monoisotopic (exact) mass is 464 g/mol. The molecule has 0 amide bonds. The minimum Gasteiger partial charge on any atom is -0.385 e. The molecule has 8 nitrogen and oxygen atoms in total. The number of methoxy groups -OCH3 is 1. The predicted octanol–water partition coefficient (Wildman–Crippen LogP) is 1.13. The van der Waals surface area contributed by atoms with Crippen molar-refractivity contribution < 1.29 is 9.47 Å². The van der Waals surface area contributed by atoms with Gasteiger partial charge in [-0.25, -0.2) is 4.99 Å². The van der Waals surface area contributed by atoms with Crippen molar-refractivity contribution in [2.45, 2.75) is 57.4 Å². The summed E-state index contributed by atoms with van der Waals surface area (Å²) in [5, 5.41) is 15.2. The standard InChI is InChI=1S/C16H28N6O2.HI/c1-11-20-21-15(22(11)2)10-18-16(17-7-4-8-23-3)19-13-9-12-5-6-14(13)24-12;/h12-14H,4-10H2,1-3H3,(H2,17,18,19);1H. The largest absolute Gasteiger partial charge is 0.385 e. The Morgan fingerprint density at radius 3 is 2.84 bits per heavy atom. The van der Waals surface area contributed by atoms with Crippen molar-refractivity contribution in [1.82, 2.24) is 25.4 Å². The molecular weight excluding hydrogens is 435 g/mol. The van der Waals surface area contributed by atoms with E-state index >= 15 is 0 Å². The van der Waals surface area contributed by atoms with Crippen molar-refractivity contribution in [3.05, 3.63) is 11.6 Å². The van der Waals surface area contributed by atoms with Crippen LogP contribution in [0.2, 0.25) is 0 Å². The molecule has 2 saturated heterocycles. The van der Waals surface area contributed by atoms with E-state index in [-0.39, 0.29) is 24.0 Å². The lowest BCUT2D eigenvalue weighted by molar-refractivity contribution is 0.0992. The van der Waals surface area contributed by atoms with E-state index in [1.807, 2.05) is 18.5 Å². The molecule has 3 rings (SSSR count). The molecule has 142 valence electrons. The highest BCUT2D eigenvalue weighted by Gasteiger charge is 2.41. The van der Waals surface area contributed by atoms with Crippen molar-refractivity contribution in [2.75, 3.05) is 20.3 Å². The van der Waals surface area contributed by atoms with Gasteiger partial charge in [-0.15, -0.1) is 34.2 Å². The molecule has 0 saturated carbocycles. The summed E-state index contributed by atoms with van der Waals surface area (Å²) in [6, 6.07) is 0.346. The lowest BCUT2D eigenvalue weighted by Gasteiger charge is -2.23. The summed E-state index contributed by atoms with van der Waals surface area (Å²) in [6.45, 7) is 3.99. The molecule has 25 heavy (non-hydrogen) atoms. The van der Waals surface area contributed by atoms with Gasteiger partial charge in [-0.1, -0.05) is 0 Å². The fraction of sp³-hybridized carbons (Fsp3) is 0.812. The van der Waals surface area contributed by atoms with Gasteiger partial charge in [0.1, 0.15) is 12.4 Å². The molecule has 0 aromatic carbocycles. The van der Waals surface area contributed by atoms with Crippen LogP contribution in [0.15, 0.2) is 4.99 Å². The van der Waals surface area contributed by atoms with Crippen molar-refractivity contribution in [1.29, 1.82) is 0 Å². The summed E-state index contributed by atoms with van der Waals surface area (Å²) in [4.78, 5) is 4.69. The molecule has 3 atom stereocenters. The molecule has 0 spiro atoms. The van der Waals surface area contributed by atoms with Crippen LogP contribution in [0, 0.1) is 6.92 Å². The maximum Gasteiger partial charge on any atom is 0.192 e. The molecule has 9 heteroatoms. The van der Waals surface area contributed by atoms with Gasteiger partial charge in [-0.05, 0) is 32.6 Å². The first kappa shape index (κ1) is 20.4. The van der Waals surface area contributed by atoms with Gasteiger partial charge in [0, 0.05) is 27.3 Å². The lowest BCUT2D eigenvalue weighted by Crippen LogP contribution is -2.47. The zero-order chi connectivity index (χ0) is 16.9. The van der Waals surface area contributed by atoms with E-state index in [0.29, 0.717) is 24.8 Å². The number of nitrogens with one attached hydrogen (secondary N) is 2. The first-order valence-electron chi connectivity index (χ1n) is 8.71. The molecule has 1 aromatic rings. The lowest BCUT2D eigenvalue weighted by atomic mass is 9.96. The Hall–Kier alpha value is -0.940. The topological polar surface area (TPSA) is 85.6 Å². The smallest absolute Gasteiger partial charge is 0.192 e. The third-order valence-corrected chi connectivity index (χ3v) is 4.81. The summed E-state index contributed by atoms with van der Waals surface area (Å²) < 4.78 is 13.0. The van der Waals surface area contributed by atoms with Crippen LogP contribution in [0.4, 0.5) is 0 Å². The number of ether oxygens (including phenoxy) is 2. The van der Waals surface area contributed by atoms with Crippen molar-refractivity contribution in [3.8, 4) is 0 Å². The van der Waals surface area contributed by atoms with Crippen molar-refractivity contribution in [2.24, 2.45) is 12.0 Å². The number of rotatable bonds is 7. The summed E-state index contributed by atoms with van der Waals surface area (Å²) in [5.74, 6) is 2.56. The van der Waals surface area contributed by atoms with Crippen LogP contribution in [0.25, 0.3) is 0 Å². The Balaban J connectivity index is 0.00000225. The molecule has 3 unspecified atom stereocenters. The Morgan fingerprint density at radius 1 is 1.40 bits per heavy atom. The van der Waals surface area contributed by atoms with Crippen molar-refractivity contribution >= 4 is 29.9 Å². The Morgan fingerprint density at radius 2 is 2.24 bits per heavy atom. The third-order valence-electron chi connectivity index (χ3n) is 4.81. The van der Waals surface area contributed by atoms with E-state index in [0.717, 1.165) is 50.0 Å². The van der Waals surface area contributed by atoms with Crippen LogP contribution in [0.5, 0.6) is 0 Å². The van der Waals surface area contributed by atoms with Crippen LogP contribution < -0.4 is 10.6 Å². The SMILES string of the molecule is COCCCNC(=NCc1nnc(C)n1C)NC1CC2CCC1O2.I. The van der Waals surface area contributed by atoms with Crippen LogP contribution in [-0.2, 0) is 23.1 Å². The molecule has 2 N–H and O–H groups in total. The maximum absolute atomic E-state index is 5.92. The number of aliphatic imine (C=N–C) groups is 1. The Bertz CT molecular complexity index is 579. The summed E-state index contributed by atoms with van der Waals surface area (Å²) >= 11 is 0. The van der Waals surface area contributed by atoms with Gasteiger partial charge in [-0.3, -0.25) is 0 Å². The van der Waals surface area contributed by atoms with E-state index < -0.39 is 0 Å². The fourth-order valence-electron chi connectivity index (χ4n) is 3.28. The van der Waals surface area contributed by atoms with Gasteiger partial charge in [-0.2, -0.15) is 0 Å². The van der Waals surface area contributed by atoms with E-state index in [1.165, 1.54) is 6.42 Å². The van der Waals surface area contributed by atoms with Gasteiger partial charge in [0.15, 0.2) is 11.8 Å². The Kier molecular flexibility index (Phi) is 7.88. The summed E-state index contributed by atoms with van der Waals surface area (Å²) in [5.41, 5.74) is 0. The minimum absolute atomic E-state index is 0. The average molecular weight is 464 g/mol. The third kappa shape index (κ3) is 5.27. The zero-order valence-corrected chi connectivity index (χ0v) is 17.5. The molecule has 1 aromatic heterocycles. The average Bonchev–Trinajstić information content (AvgIpc) is 3.27. The maximum atomic E-state index is 5.92. The number of aromatic nitrogens is 3. The molecular formula is C16H29IN6O2. The van der Waals surface area contributed by atoms with Gasteiger partial charge >= 0.3 is 0 Å². The molecule has 2 aliphatic rings. The van der Waals surface area contributed by atoms with Crippen LogP contribution in [0.1, 0.15) is 37.3 Å². The number of hydrogen-bond acceptors (Lipinski definition) is 5. The molecule has 2 bridgehead atoms. The van der Waals surface area contributed by atoms with E-state index in [2.05, 4.69) is 25.8 Å². The second-order valence-corrected chi connectivity index (χ2v) is 6.52. The fourth-order valence-corrected chi connectivity index (χ4v) is 3.28. The first-order chi connectivity index (χ1) is 11.7. The number of aryl methyl sites for hydroxylation is 1. The Labute approximate surface area is 166 Å². The number of hydrogen-bond donors (Lipinski definition) is 2. The zero-order valence-electron chi connectivity index (χ0n) is 15.2. The quantitative estimate of drug-likeness (QED) is 0.273. The normalized spacial score (nSPS) is 25.1.